The van der Waals surface area contributed by atoms with Gasteiger partial charge in [0.25, 0.3) is 0 Å². The lowest BCUT2D eigenvalue weighted by Crippen LogP contribution is -2.41. The third kappa shape index (κ3) is 3.89. The van der Waals surface area contributed by atoms with E-state index in [-0.39, 0.29) is 11.8 Å². The van der Waals surface area contributed by atoms with Crippen LogP contribution in [0.3, 0.4) is 0 Å². The van der Waals surface area contributed by atoms with E-state index in [9.17, 15) is 4.79 Å². The Balaban J connectivity index is 1.76. The summed E-state index contributed by atoms with van der Waals surface area (Å²) in [4.78, 5) is 12.5. The molecule has 1 saturated carbocycles. The molecule has 1 aromatic carbocycles. The molecule has 0 atom stereocenters. The molecule has 2 aliphatic rings. The monoisotopic (exact) mass is 363 g/mol. The van der Waals surface area contributed by atoms with Crippen molar-refractivity contribution >= 4 is 35.8 Å². The number of hydrogen-bond donors (Lipinski definition) is 1. The summed E-state index contributed by atoms with van der Waals surface area (Å²) in [5.41, 5.74) is 0.692. The maximum atomic E-state index is 12.5. The molecule has 1 amide bonds. The first-order valence-electron chi connectivity index (χ1n) is 9.15. The minimum Gasteiger partial charge on any atom is -0.399 e. The maximum Gasteiger partial charge on any atom is 0.494 e. The summed E-state index contributed by atoms with van der Waals surface area (Å²) in [5, 5.41) is 3.54. The van der Waals surface area contributed by atoms with Crippen LogP contribution in [0.5, 0.6) is 0 Å². The number of nitrogens with one attached hydrogen (secondary N) is 1. The molecule has 1 aliphatic carbocycles. The predicted molar refractivity (Wildman–Crippen MR) is 102 cm³/mol. The summed E-state index contributed by atoms with van der Waals surface area (Å²) in [7, 11) is -0.465. The molecule has 1 saturated heterocycles. The van der Waals surface area contributed by atoms with Crippen molar-refractivity contribution in [3.63, 3.8) is 0 Å². The topological polar surface area (TPSA) is 47.6 Å². The second-order valence-corrected chi connectivity index (χ2v) is 8.56. The fourth-order valence-electron chi connectivity index (χ4n) is 3.36. The average molecular weight is 364 g/mol. The van der Waals surface area contributed by atoms with Gasteiger partial charge in [-0.25, -0.2) is 0 Å². The second-order valence-electron chi connectivity index (χ2n) is 8.15. The van der Waals surface area contributed by atoms with Crippen molar-refractivity contribution in [2.45, 2.75) is 71.0 Å². The number of anilines is 1. The van der Waals surface area contributed by atoms with Crippen molar-refractivity contribution in [3.8, 4) is 0 Å². The van der Waals surface area contributed by atoms with Crippen molar-refractivity contribution in [1.29, 1.82) is 0 Å². The van der Waals surface area contributed by atoms with Gasteiger partial charge in [0, 0.05) is 5.92 Å². The average Bonchev–Trinajstić information content (AvgIpc) is 2.78. The van der Waals surface area contributed by atoms with E-state index in [0.29, 0.717) is 10.7 Å². The van der Waals surface area contributed by atoms with E-state index in [1.165, 1.54) is 6.42 Å². The summed E-state index contributed by atoms with van der Waals surface area (Å²) >= 11 is 6.30. The molecule has 0 unspecified atom stereocenters. The highest BCUT2D eigenvalue weighted by Crippen LogP contribution is 2.37. The zero-order chi connectivity index (χ0) is 18.2. The van der Waals surface area contributed by atoms with Gasteiger partial charge in [-0.05, 0) is 58.1 Å². The number of carbonyl (C=O) groups is 1. The van der Waals surface area contributed by atoms with Gasteiger partial charge in [-0.3, -0.25) is 4.79 Å². The third-order valence-electron chi connectivity index (χ3n) is 5.75. The van der Waals surface area contributed by atoms with Gasteiger partial charge in [0.1, 0.15) is 0 Å². The lowest BCUT2D eigenvalue weighted by Gasteiger charge is -2.32. The van der Waals surface area contributed by atoms with Gasteiger partial charge in [0.05, 0.1) is 21.9 Å². The van der Waals surface area contributed by atoms with Gasteiger partial charge < -0.3 is 14.6 Å². The van der Waals surface area contributed by atoms with Crippen LogP contribution in [-0.4, -0.2) is 24.2 Å². The van der Waals surface area contributed by atoms with Crippen molar-refractivity contribution < 1.29 is 14.1 Å². The molecular weight excluding hydrogens is 336 g/mol. The molecule has 1 aromatic rings. The number of benzene rings is 1. The van der Waals surface area contributed by atoms with Crippen molar-refractivity contribution in [2.24, 2.45) is 5.92 Å². The molecule has 2 fully saturated rings. The Kier molecular flexibility index (Phi) is 5.20. The van der Waals surface area contributed by atoms with E-state index in [2.05, 4.69) is 5.32 Å². The van der Waals surface area contributed by atoms with E-state index in [1.54, 1.807) is 6.07 Å². The first-order chi connectivity index (χ1) is 11.7. The molecule has 0 spiro atoms. The highest BCUT2D eigenvalue weighted by Gasteiger charge is 2.51. The zero-order valence-corrected chi connectivity index (χ0v) is 16.3. The Bertz CT molecular complexity index is 640. The van der Waals surface area contributed by atoms with Crippen LogP contribution in [0.25, 0.3) is 0 Å². The van der Waals surface area contributed by atoms with Gasteiger partial charge in [-0.15, -0.1) is 0 Å². The van der Waals surface area contributed by atoms with Crippen LogP contribution in [0.15, 0.2) is 18.2 Å². The van der Waals surface area contributed by atoms with E-state index in [1.807, 2.05) is 39.8 Å². The fourth-order valence-corrected chi connectivity index (χ4v) is 3.53. The normalized spacial score (nSPS) is 22.8. The van der Waals surface area contributed by atoms with E-state index < -0.39 is 18.3 Å². The van der Waals surface area contributed by atoms with Crippen LogP contribution in [0.2, 0.25) is 5.02 Å². The number of halogens is 1. The second kappa shape index (κ2) is 6.94. The Morgan fingerprint density at radius 1 is 1.12 bits per heavy atom. The summed E-state index contributed by atoms with van der Waals surface area (Å²) in [5.74, 6) is 0.151. The number of carbonyl (C=O) groups excluding carboxylic acids is 1. The molecule has 4 nitrogen and oxygen atoms in total. The smallest absolute Gasteiger partial charge is 0.399 e. The number of hydrogen-bond acceptors (Lipinski definition) is 3. The lowest BCUT2D eigenvalue weighted by molar-refractivity contribution is -0.120. The standard InChI is InChI=1S/C19H27BClNO3/c1-18(2)19(3,4)25-20(24-18)14-10-11-15(21)16(12-14)22-17(23)13-8-6-5-7-9-13/h10-13H,5-9H2,1-4H3,(H,22,23). The molecule has 25 heavy (non-hydrogen) atoms. The van der Waals surface area contributed by atoms with Crippen LogP contribution in [-0.2, 0) is 14.1 Å². The van der Waals surface area contributed by atoms with Crippen LogP contribution >= 0.6 is 11.6 Å². The molecule has 1 heterocycles. The van der Waals surface area contributed by atoms with E-state index in [0.717, 1.165) is 31.1 Å². The minimum atomic E-state index is -0.465. The fraction of sp³-hybridized carbons (Fsp3) is 0.632. The molecule has 6 heteroatoms. The van der Waals surface area contributed by atoms with Crippen molar-refractivity contribution in [2.75, 3.05) is 5.32 Å². The minimum absolute atomic E-state index is 0.0627. The Morgan fingerprint density at radius 2 is 1.72 bits per heavy atom. The number of rotatable bonds is 3. The molecule has 3 rings (SSSR count). The van der Waals surface area contributed by atoms with Crippen molar-refractivity contribution in [1.82, 2.24) is 0 Å². The van der Waals surface area contributed by atoms with E-state index >= 15 is 0 Å². The summed E-state index contributed by atoms with van der Waals surface area (Å²) < 4.78 is 12.2. The van der Waals surface area contributed by atoms with Gasteiger partial charge >= 0.3 is 7.12 Å². The summed E-state index contributed by atoms with van der Waals surface area (Å²) in [6.07, 6.45) is 5.39. The van der Waals surface area contributed by atoms with Crippen LogP contribution in [0, 0.1) is 5.92 Å². The maximum absolute atomic E-state index is 12.5. The quantitative estimate of drug-likeness (QED) is 0.820. The molecule has 136 valence electrons. The van der Waals surface area contributed by atoms with Crippen LogP contribution < -0.4 is 10.8 Å². The van der Waals surface area contributed by atoms with Crippen LogP contribution in [0.1, 0.15) is 59.8 Å². The Morgan fingerprint density at radius 3 is 2.32 bits per heavy atom. The number of amides is 1. The largest absolute Gasteiger partial charge is 0.494 e. The first kappa shape index (κ1) is 18.7. The van der Waals surface area contributed by atoms with Gasteiger partial charge in [0.15, 0.2) is 0 Å². The van der Waals surface area contributed by atoms with Crippen molar-refractivity contribution in [3.05, 3.63) is 23.2 Å². The highest BCUT2D eigenvalue weighted by molar-refractivity contribution is 6.62. The molecule has 0 radical (unpaired) electrons. The first-order valence-corrected chi connectivity index (χ1v) is 9.53. The van der Waals surface area contributed by atoms with Gasteiger partial charge in [0.2, 0.25) is 5.91 Å². The molecular formula is C19H27BClNO3. The molecule has 0 bridgehead atoms. The SMILES string of the molecule is CC1(C)OB(c2ccc(Cl)c(NC(=O)C3CCCCC3)c2)OC1(C)C. The Hall–Kier alpha value is -1.04. The summed E-state index contributed by atoms with van der Waals surface area (Å²) in [6.45, 7) is 8.09. The highest BCUT2D eigenvalue weighted by atomic mass is 35.5. The zero-order valence-electron chi connectivity index (χ0n) is 15.5. The lowest BCUT2D eigenvalue weighted by atomic mass is 9.79. The van der Waals surface area contributed by atoms with Gasteiger partial charge in [-0.1, -0.05) is 36.9 Å². The Labute approximate surface area is 155 Å². The molecule has 1 aliphatic heterocycles. The summed E-state index contributed by atoms with van der Waals surface area (Å²) in [6, 6.07) is 5.55. The molecule has 1 N–H and O–H groups in total. The molecule has 0 aromatic heterocycles. The predicted octanol–water partition coefficient (Wildman–Crippen LogP) is 4.16. The van der Waals surface area contributed by atoms with E-state index in [4.69, 9.17) is 20.9 Å². The third-order valence-corrected chi connectivity index (χ3v) is 6.08. The van der Waals surface area contributed by atoms with Gasteiger partial charge in [-0.2, -0.15) is 0 Å². The van der Waals surface area contributed by atoms with Crippen LogP contribution in [0.4, 0.5) is 5.69 Å².